The average molecular weight is 304 g/mol. The molecule has 3 aliphatic heterocycles. The fourth-order valence-electron chi connectivity index (χ4n) is 4.14. The molecule has 0 saturated carbocycles. The maximum Gasteiger partial charge on any atom is 0.0799 e. The second-order valence-corrected chi connectivity index (χ2v) is 7.83. The third kappa shape index (κ3) is 2.58. The Bertz CT molecular complexity index is 515. The van der Waals surface area contributed by atoms with Crippen molar-refractivity contribution in [1.82, 2.24) is 0 Å². The molecule has 3 atom stereocenters. The van der Waals surface area contributed by atoms with Crippen LogP contribution in [0.3, 0.4) is 0 Å². The molecule has 114 valence electrons. The van der Waals surface area contributed by atoms with E-state index < -0.39 is 0 Å². The van der Waals surface area contributed by atoms with E-state index in [0.29, 0.717) is 6.04 Å². The second kappa shape index (κ2) is 5.49. The maximum absolute atomic E-state index is 6.31. The Hall–Kier alpha value is -0.710. The lowest BCUT2D eigenvalue weighted by molar-refractivity contribution is -0.0665. The molecule has 4 heteroatoms. The number of hydrogen-bond acceptors (Lipinski definition) is 4. The van der Waals surface area contributed by atoms with Gasteiger partial charge in [0.05, 0.1) is 5.60 Å². The van der Waals surface area contributed by atoms with Crippen molar-refractivity contribution in [1.29, 1.82) is 0 Å². The van der Waals surface area contributed by atoms with E-state index in [-0.39, 0.29) is 11.6 Å². The fraction of sp³-hybridized carbons (Fsp3) is 0.647. The number of rotatable bonds is 1. The van der Waals surface area contributed by atoms with Crippen molar-refractivity contribution < 1.29 is 4.74 Å². The van der Waals surface area contributed by atoms with Crippen LogP contribution in [0.1, 0.15) is 24.8 Å². The molecule has 0 aromatic heterocycles. The minimum atomic E-state index is 0.143. The van der Waals surface area contributed by atoms with E-state index in [9.17, 15) is 0 Å². The number of para-hydroxylation sites is 1. The van der Waals surface area contributed by atoms with Crippen molar-refractivity contribution in [3.05, 3.63) is 29.8 Å². The second-order valence-electron chi connectivity index (χ2n) is 6.73. The Balaban J connectivity index is 1.61. The first-order chi connectivity index (χ1) is 10.3. The molecule has 3 aliphatic rings. The van der Waals surface area contributed by atoms with E-state index in [0.717, 1.165) is 26.0 Å². The lowest BCUT2D eigenvalue weighted by Gasteiger charge is -2.46. The summed E-state index contributed by atoms with van der Waals surface area (Å²) in [5.74, 6) is 2.42. The number of benzene rings is 1. The monoisotopic (exact) mass is 304 g/mol. The molecule has 0 amide bonds. The number of ether oxygens (including phenoxy) is 1. The number of nitrogens with two attached hydrogens (primary N) is 1. The Kier molecular flexibility index (Phi) is 3.64. The molecule has 2 fully saturated rings. The van der Waals surface area contributed by atoms with E-state index in [4.69, 9.17) is 10.5 Å². The highest BCUT2D eigenvalue weighted by molar-refractivity contribution is 7.99. The van der Waals surface area contributed by atoms with Crippen LogP contribution in [-0.2, 0) is 11.2 Å². The fourth-order valence-corrected chi connectivity index (χ4v) is 5.52. The van der Waals surface area contributed by atoms with E-state index in [1.807, 2.05) is 11.8 Å². The van der Waals surface area contributed by atoms with Gasteiger partial charge in [0.25, 0.3) is 0 Å². The number of anilines is 1. The van der Waals surface area contributed by atoms with Gasteiger partial charge >= 0.3 is 0 Å². The minimum absolute atomic E-state index is 0.143. The van der Waals surface area contributed by atoms with Crippen molar-refractivity contribution >= 4 is 17.4 Å². The first kappa shape index (κ1) is 13.9. The van der Waals surface area contributed by atoms with Gasteiger partial charge in [-0.25, -0.2) is 0 Å². The third-order valence-electron chi connectivity index (χ3n) is 5.19. The summed E-state index contributed by atoms with van der Waals surface area (Å²) in [5, 5.41) is 0. The summed E-state index contributed by atoms with van der Waals surface area (Å²) in [6.07, 6.45) is 4.53. The van der Waals surface area contributed by atoms with Crippen molar-refractivity contribution in [2.45, 2.75) is 43.4 Å². The molecular formula is C17H24N2OS. The number of nitrogens with zero attached hydrogens (tertiary/aromatic N) is 1. The average Bonchev–Trinajstić information content (AvgIpc) is 2.94. The van der Waals surface area contributed by atoms with Crippen LogP contribution in [-0.4, -0.2) is 42.3 Å². The van der Waals surface area contributed by atoms with Gasteiger partial charge in [-0.2, -0.15) is 11.8 Å². The van der Waals surface area contributed by atoms with Gasteiger partial charge in [0, 0.05) is 36.7 Å². The number of fused-ring (bicyclic) bond motifs is 1. The predicted molar refractivity (Wildman–Crippen MR) is 89.1 cm³/mol. The molecule has 3 unspecified atom stereocenters. The Labute approximate surface area is 131 Å². The largest absolute Gasteiger partial charge is 0.374 e. The van der Waals surface area contributed by atoms with Gasteiger partial charge in [-0.05, 0) is 43.1 Å². The van der Waals surface area contributed by atoms with Crippen molar-refractivity contribution in [3.63, 3.8) is 0 Å². The Morgan fingerprint density at radius 1 is 1.33 bits per heavy atom. The summed E-state index contributed by atoms with van der Waals surface area (Å²) in [6.45, 7) is 1.89. The zero-order valence-corrected chi connectivity index (χ0v) is 13.3. The van der Waals surface area contributed by atoms with Crippen molar-refractivity contribution in [3.8, 4) is 0 Å². The molecule has 21 heavy (non-hydrogen) atoms. The van der Waals surface area contributed by atoms with Crippen molar-refractivity contribution in [2.75, 3.05) is 29.6 Å². The highest BCUT2D eigenvalue weighted by Gasteiger charge is 2.43. The van der Waals surface area contributed by atoms with Crippen LogP contribution < -0.4 is 10.6 Å². The smallest absolute Gasteiger partial charge is 0.0799 e. The zero-order valence-electron chi connectivity index (χ0n) is 12.5. The first-order valence-electron chi connectivity index (χ1n) is 8.08. The summed E-state index contributed by atoms with van der Waals surface area (Å²) in [5.41, 5.74) is 9.28. The van der Waals surface area contributed by atoms with Gasteiger partial charge in [0.2, 0.25) is 0 Å². The summed E-state index contributed by atoms with van der Waals surface area (Å²) >= 11 is 2.05. The molecule has 0 radical (unpaired) electrons. The van der Waals surface area contributed by atoms with Crippen LogP contribution in [0.15, 0.2) is 24.3 Å². The van der Waals surface area contributed by atoms with E-state index >= 15 is 0 Å². The molecule has 2 N–H and O–H groups in total. The molecule has 2 saturated heterocycles. The SMILES string of the molecule is NC1Cc2ccccc2N(C2CCOC3(CCSC3)C2)C1. The molecular weight excluding hydrogens is 280 g/mol. The van der Waals surface area contributed by atoms with E-state index in [2.05, 4.69) is 29.2 Å². The van der Waals surface area contributed by atoms with E-state index in [1.165, 1.54) is 35.6 Å². The summed E-state index contributed by atoms with van der Waals surface area (Å²) < 4.78 is 6.18. The zero-order chi connectivity index (χ0) is 14.3. The van der Waals surface area contributed by atoms with Gasteiger partial charge in [-0.1, -0.05) is 18.2 Å². The lowest BCUT2D eigenvalue weighted by atomic mass is 9.87. The van der Waals surface area contributed by atoms with Gasteiger partial charge < -0.3 is 15.4 Å². The normalized spacial score (nSPS) is 36.0. The van der Waals surface area contributed by atoms with Crippen LogP contribution in [0.25, 0.3) is 0 Å². The van der Waals surface area contributed by atoms with E-state index in [1.54, 1.807) is 0 Å². The minimum Gasteiger partial charge on any atom is -0.374 e. The molecule has 1 aromatic rings. The van der Waals surface area contributed by atoms with Crippen LogP contribution in [0.2, 0.25) is 0 Å². The van der Waals surface area contributed by atoms with Crippen LogP contribution >= 0.6 is 11.8 Å². The number of hydrogen-bond donors (Lipinski definition) is 1. The Morgan fingerprint density at radius 3 is 3.10 bits per heavy atom. The van der Waals surface area contributed by atoms with Crippen LogP contribution in [0.4, 0.5) is 5.69 Å². The summed E-state index contributed by atoms with van der Waals surface area (Å²) in [4.78, 5) is 2.58. The molecule has 3 heterocycles. The van der Waals surface area contributed by atoms with Gasteiger partial charge in [0.15, 0.2) is 0 Å². The third-order valence-corrected chi connectivity index (χ3v) is 6.41. The first-order valence-corrected chi connectivity index (χ1v) is 9.23. The quantitative estimate of drug-likeness (QED) is 0.865. The topological polar surface area (TPSA) is 38.5 Å². The summed E-state index contributed by atoms with van der Waals surface area (Å²) in [7, 11) is 0. The maximum atomic E-state index is 6.31. The molecule has 1 spiro atoms. The molecule has 1 aromatic carbocycles. The Morgan fingerprint density at radius 2 is 2.24 bits per heavy atom. The van der Waals surface area contributed by atoms with Crippen LogP contribution in [0.5, 0.6) is 0 Å². The standard InChI is InChI=1S/C17H24N2OS/c18-14-9-13-3-1-2-4-16(13)19(11-14)15-5-7-20-17(10-15)6-8-21-12-17/h1-4,14-15H,5-12,18H2. The molecule has 0 aliphatic carbocycles. The summed E-state index contributed by atoms with van der Waals surface area (Å²) in [6, 6.07) is 9.65. The highest BCUT2D eigenvalue weighted by atomic mass is 32.2. The van der Waals surface area contributed by atoms with Gasteiger partial charge in [-0.3, -0.25) is 0 Å². The predicted octanol–water partition coefficient (Wildman–Crippen LogP) is 2.43. The molecule has 0 bridgehead atoms. The lowest BCUT2D eigenvalue weighted by Crippen LogP contribution is -2.54. The molecule has 4 rings (SSSR count). The van der Waals surface area contributed by atoms with Gasteiger partial charge in [-0.15, -0.1) is 0 Å². The number of thioether (sulfide) groups is 1. The molecule has 3 nitrogen and oxygen atoms in total. The van der Waals surface area contributed by atoms with Gasteiger partial charge in [0.1, 0.15) is 0 Å². The van der Waals surface area contributed by atoms with Crippen molar-refractivity contribution in [2.24, 2.45) is 5.73 Å². The van der Waals surface area contributed by atoms with Crippen LogP contribution in [0, 0.1) is 0 Å². The highest BCUT2D eigenvalue weighted by Crippen LogP contribution is 2.41.